The Morgan fingerprint density at radius 3 is 1.48 bits per heavy atom. The van der Waals surface area contributed by atoms with Crippen LogP contribution in [0.3, 0.4) is 0 Å². The Morgan fingerprint density at radius 2 is 1.10 bits per heavy atom. The van der Waals surface area contributed by atoms with Crippen LogP contribution in [0.15, 0.2) is 66.7 Å². The smallest absolute Gasteiger partial charge is 0.240 e. The molecule has 0 N–H and O–H groups in total. The molecule has 1 aliphatic heterocycles. The third-order valence-corrected chi connectivity index (χ3v) is 8.56. The van der Waals surface area contributed by atoms with Crippen molar-refractivity contribution in [3.05, 3.63) is 99.0 Å². The molecule has 3 aliphatic carbocycles. The van der Waals surface area contributed by atoms with Crippen LogP contribution >= 0.6 is 46.4 Å². The van der Waals surface area contributed by atoms with E-state index in [1.54, 1.807) is 12.1 Å². The monoisotopic (exact) mass is 487 g/mol. The molecule has 0 radical (unpaired) electrons. The molecule has 0 unspecified atom stereocenters. The number of hydrogen-bond acceptors (Lipinski definition) is 2. The Labute approximate surface area is 198 Å². The van der Waals surface area contributed by atoms with Crippen molar-refractivity contribution in [2.45, 2.75) is 9.75 Å². The molecule has 0 spiro atoms. The average Bonchev–Trinajstić information content (AvgIpc) is 3.04. The molecule has 3 aromatic rings. The molecular weight excluding hydrogens is 476 g/mol. The first-order valence-corrected chi connectivity index (χ1v) is 11.2. The van der Waals surface area contributed by atoms with Crippen molar-refractivity contribution in [1.29, 1.82) is 0 Å². The van der Waals surface area contributed by atoms with Crippen LogP contribution in [0, 0.1) is 11.8 Å². The van der Waals surface area contributed by atoms with Gasteiger partial charge in [0.05, 0.1) is 22.5 Å². The zero-order valence-electron chi connectivity index (χ0n) is 15.8. The number of rotatable bonds is 1. The largest absolute Gasteiger partial charge is 0.274 e. The van der Waals surface area contributed by atoms with E-state index in [0.717, 1.165) is 27.2 Å². The minimum atomic E-state index is -1.21. The van der Waals surface area contributed by atoms with Crippen LogP contribution in [0.2, 0.25) is 10.0 Å². The number of anilines is 1. The highest BCUT2D eigenvalue weighted by Crippen LogP contribution is 2.69. The summed E-state index contributed by atoms with van der Waals surface area (Å²) in [7, 11) is 0. The number of benzene rings is 3. The van der Waals surface area contributed by atoms with Crippen molar-refractivity contribution >= 4 is 63.9 Å². The molecule has 2 atom stereocenters. The van der Waals surface area contributed by atoms with Crippen LogP contribution in [-0.4, -0.2) is 11.8 Å². The van der Waals surface area contributed by atoms with E-state index >= 15 is 0 Å². The van der Waals surface area contributed by atoms with Crippen LogP contribution in [0.5, 0.6) is 0 Å². The number of amides is 2. The van der Waals surface area contributed by atoms with Crippen LogP contribution in [0.25, 0.3) is 0 Å². The van der Waals surface area contributed by atoms with Gasteiger partial charge in [-0.1, -0.05) is 71.7 Å². The standard InChI is InChI=1S/C24H13Cl4NO2/c25-12-9-10-18(17(26)11-12)29-21(30)19-20(22(29)31)24(28)14-6-2-1-5-13(14)23(19,27)15-7-3-4-8-16(15)24/h1-11,19-20H/t19-,20+,23?,24?. The molecule has 7 rings (SSSR count). The third kappa shape index (κ3) is 2.18. The van der Waals surface area contributed by atoms with Crippen LogP contribution in [0.4, 0.5) is 5.69 Å². The lowest BCUT2D eigenvalue weighted by molar-refractivity contribution is -0.122. The Balaban J connectivity index is 1.66. The summed E-state index contributed by atoms with van der Waals surface area (Å²) < 4.78 is 0. The molecule has 3 aromatic carbocycles. The molecule has 154 valence electrons. The highest BCUT2D eigenvalue weighted by molar-refractivity contribution is 6.41. The summed E-state index contributed by atoms with van der Waals surface area (Å²) in [4.78, 5) is 26.3. The van der Waals surface area contributed by atoms with Gasteiger partial charge in [-0.05, 0) is 40.5 Å². The Kier molecular flexibility index (Phi) is 3.97. The summed E-state index contributed by atoms with van der Waals surface area (Å²) in [5.41, 5.74) is 3.32. The van der Waals surface area contributed by atoms with Crippen molar-refractivity contribution in [3.8, 4) is 0 Å². The van der Waals surface area contributed by atoms with Gasteiger partial charge in [0.1, 0.15) is 9.75 Å². The second kappa shape index (κ2) is 6.26. The second-order valence-corrected chi connectivity index (χ2v) is 10.1. The topological polar surface area (TPSA) is 37.4 Å². The number of hydrogen-bond donors (Lipinski definition) is 0. The molecule has 7 heteroatoms. The fourth-order valence-corrected chi connectivity index (χ4v) is 7.16. The van der Waals surface area contributed by atoms with Crippen molar-refractivity contribution in [2.75, 3.05) is 4.90 Å². The number of imide groups is 1. The third-order valence-electron chi connectivity index (χ3n) is 6.74. The van der Waals surface area contributed by atoms with E-state index in [4.69, 9.17) is 46.4 Å². The fourth-order valence-electron chi connectivity index (χ4n) is 5.57. The maximum absolute atomic E-state index is 13.8. The molecular formula is C24H13Cl4NO2. The lowest BCUT2D eigenvalue weighted by Crippen LogP contribution is -2.57. The summed E-state index contributed by atoms with van der Waals surface area (Å²) in [6, 6.07) is 19.7. The van der Waals surface area contributed by atoms with E-state index in [1.807, 2.05) is 48.5 Å². The van der Waals surface area contributed by atoms with Crippen LogP contribution in [-0.2, 0) is 19.3 Å². The zero-order chi connectivity index (χ0) is 21.7. The first-order chi connectivity index (χ1) is 14.8. The fraction of sp³-hybridized carbons (Fsp3) is 0.167. The number of nitrogens with zero attached hydrogens (tertiary/aromatic N) is 1. The number of carbonyl (C=O) groups is 2. The predicted molar refractivity (Wildman–Crippen MR) is 122 cm³/mol. The number of alkyl halides is 2. The maximum atomic E-state index is 13.8. The van der Waals surface area contributed by atoms with Gasteiger partial charge in [-0.3, -0.25) is 9.59 Å². The van der Waals surface area contributed by atoms with Gasteiger partial charge in [-0.25, -0.2) is 4.90 Å². The van der Waals surface area contributed by atoms with Crippen molar-refractivity contribution in [1.82, 2.24) is 0 Å². The molecule has 31 heavy (non-hydrogen) atoms. The predicted octanol–water partition coefficient (Wildman–Crippen LogP) is 6.09. The molecule has 0 aromatic heterocycles. The summed E-state index contributed by atoms with van der Waals surface area (Å²) in [5.74, 6) is -2.56. The summed E-state index contributed by atoms with van der Waals surface area (Å²) in [5, 5.41) is 0.621. The van der Waals surface area contributed by atoms with Crippen molar-refractivity contribution in [2.24, 2.45) is 11.8 Å². The van der Waals surface area contributed by atoms with Gasteiger partial charge >= 0.3 is 0 Å². The van der Waals surface area contributed by atoms with Crippen LogP contribution < -0.4 is 4.90 Å². The maximum Gasteiger partial charge on any atom is 0.240 e. The molecule has 0 saturated carbocycles. The molecule has 1 fully saturated rings. The Bertz CT molecular complexity index is 1200. The molecule has 1 heterocycles. The van der Waals surface area contributed by atoms with Gasteiger partial charge in [0.15, 0.2) is 0 Å². The van der Waals surface area contributed by atoms with Gasteiger partial charge in [0.2, 0.25) is 11.8 Å². The molecule has 1 saturated heterocycles. The molecule has 4 aliphatic rings. The molecule has 3 nitrogen and oxygen atoms in total. The zero-order valence-corrected chi connectivity index (χ0v) is 18.8. The van der Waals surface area contributed by atoms with E-state index in [0.29, 0.717) is 5.02 Å². The summed E-state index contributed by atoms with van der Waals surface area (Å²) in [6.07, 6.45) is 0. The highest BCUT2D eigenvalue weighted by atomic mass is 35.5. The Hall–Kier alpha value is -2.04. The van der Waals surface area contributed by atoms with Gasteiger partial charge in [0.25, 0.3) is 0 Å². The minimum Gasteiger partial charge on any atom is -0.274 e. The Morgan fingerprint density at radius 1 is 0.677 bits per heavy atom. The minimum absolute atomic E-state index is 0.211. The van der Waals surface area contributed by atoms with E-state index in [9.17, 15) is 9.59 Å². The quantitative estimate of drug-likeness (QED) is 0.307. The summed E-state index contributed by atoms with van der Waals surface area (Å²) in [6.45, 7) is 0. The van der Waals surface area contributed by atoms with E-state index in [1.165, 1.54) is 6.07 Å². The first kappa shape index (κ1) is 19.6. The number of halogens is 4. The van der Waals surface area contributed by atoms with Gasteiger partial charge in [0, 0.05) is 5.02 Å². The normalized spacial score (nSPS) is 30.3. The van der Waals surface area contributed by atoms with Crippen molar-refractivity contribution in [3.63, 3.8) is 0 Å². The molecule has 2 bridgehead atoms. The first-order valence-electron chi connectivity index (χ1n) is 9.72. The van der Waals surface area contributed by atoms with Gasteiger partial charge < -0.3 is 0 Å². The van der Waals surface area contributed by atoms with E-state index in [-0.39, 0.29) is 10.7 Å². The van der Waals surface area contributed by atoms with Crippen molar-refractivity contribution < 1.29 is 9.59 Å². The molecule has 2 amide bonds. The highest BCUT2D eigenvalue weighted by Gasteiger charge is 2.73. The lowest BCUT2D eigenvalue weighted by Gasteiger charge is -2.54. The van der Waals surface area contributed by atoms with Gasteiger partial charge in [-0.15, -0.1) is 23.2 Å². The average molecular weight is 489 g/mol. The van der Waals surface area contributed by atoms with E-state index in [2.05, 4.69) is 0 Å². The van der Waals surface area contributed by atoms with Gasteiger partial charge in [-0.2, -0.15) is 0 Å². The van der Waals surface area contributed by atoms with E-state index < -0.39 is 33.4 Å². The summed E-state index contributed by atoms with van der Waals surface area (Å²) >= 11 is 27.2. The second-order valence-electron chi connectivity index (χ2n) is 8.08. The lowest BCUT2D eigenvalue weighted by atomic mass is 9.54. The number of carbonyl (C=O) groups excluding carboxylic acids is 2. The SMILES string of the molecule is O=C1[C@@H]2[C@H](C(=O)N1c1ccc(Cl)cc1Cl)C1(Cl)c3ccccc3C2(Cl)c2ccccc21. The van der Waals surface area contributed by atoms with Crippen LogP contribution in [0.1, 0.15) is 22.3 Å².